The lowest BCUT2D eigenvalue weighted by molar-refractivity contribution is -0.124. The lowest BCUT2D eigenvalue weighted by Crippen LogP contribution is -2.41. The normalized spacial score (nSPS) is 21.6. The van der Waals surface area contributed by atoms with Crippen LogP contribution in [0.5, 0.6) is 5.75 Å². The van der Waals surface area contributed by atoms with E-state index in [4.69, 9.17) is 12.2 Å². The molecule has 1 aromatic rings. The number of aromatic hydroxyl groups is 1. The van der Waals surface area contributed by atoms with Crippen LogP contribution in [0.15, 0.2) is 23.9 Å². The molecule has 0 bridgehead atoms. The third-order valence-electron chi connectivity index (χ3n) is 4.51. The summed E-state index contributed by atoms with van der Waals surface area (Å²) in [6.07, 6.45) is 7.48. The van der Waals surface area contributed by atoms with Crippen LogP contribution in [-0.2, 0) is 4.79 Å². The Hall–Kier alpha value is -1.15. The minimum absolute atomic E-state index is 0.00696. The fourth-order valence-electron chi connectivity index (χ4n) is 3.21. The molecule has 1 saturated carbocycles. The van der Waals surface area contributed by atoms with Crippen LogP contribution in [0.25, 0.3) is 6.08 Å². The molecule has 0 aromatic heterocycles. The smallest absolute Gasteiger partial charge is 0.277 e. The molecule has 0 atom stereocenters. The second-order valence-electron chi connectivity index (χ2n) is 6.05. The quantitative estimate of drug-likeness (QED) is 0.431. The number of benzene rings is 1. The summed E-state index contributed by atoms with van der Waals surface area (Å²) in [6, 6.07) is 5.54. The predicted octanol–water partition coefficient (Wildman–Crippen LogP) is 3.73. The molecule has 1 heterocycles. The Labute approximate surface area is 155 Å². The van der Waals surface area contributed by atoms with E-state index in [0.717, 1.165) is 34.8 Å². The van der Waals surface area contributed by atoms with Crippen LogP contribution >= 0.6 is 34.8 Å². The van der Waals surface area contributed by atoms with E-state index < -0.39 is 0 Å². The number of amides is 1. The Kier molecular flexibility index (Phi) is 4.91. The van der Waals surface area contributed by atoms with E-state index in [2.05, 4.69) is 22.6 Å². The summed E-state index contributed by atoms with van der Waals surface area (Å²) in [5.74, 6) is 0.241. The highest BCUT2D eigenvalue weighted by Crippen LogP contribution is 2.31. The maximum atomic E-state index is 12.9. The molecule has 1 amide bonds. The molecule has 0 spiro atoms. The zero-order valence-electron chi connectivity index (χ0n) is 13.0. The van der Waals surface area contributed by atoms with E-state index in [-0.39, 0.29) is 17.7 Å². The van der Waals surface area contributed by atoms with Gasteiger partial charge >= 0.3 is 0 Å². The van der Waals surface area contributed by atoms with Crippen molar-refractivity contribution in [1.29, 1.82) is 0 Å². The lowest BCUT2D eigenvalue weighted by atomic mass is 9.94. The maximum absolute atomic E-state index is 12.9. The molecule has 1 aliphatic carbocycles. The monoisotopic (exact) mass is 442 g/mol. The molecule has 2 fully saturated rings. The molecule has 23 heavy (non-hydrogen) atoms. The van der Waals surface area contributed by atoms with Gasteiger partial charge in [-0.1, -0.05) is 25.3 Å². The van der Waals surface area contributed by atoms with Crippen LogP contribution in [0.1, 0.15) is 37.7 Å². The summed E-state index contributed by atoms with van der Waals surface area (Å²) >= 11 is 7.59. The number of phenolic OH excluding ortho intramolecular Hbond substituents is 1. The first-order valence-electron chi connectivity index (χ1n) is 7.80. The van der Waals surface area contributed by atoms with Gasteiger partial charge in [0.15, 0.2) is 5.11 Å². The fourth-order valence-corrected chi connectivity index (χ4v) is 4.08. The number of rotatable bonds is 2. The van der Waals surface area contributed by atoms with Crippen molar-refractivity contribution >= 4 is 51.9 Å². The highest BCUT2D eigenvalue weighted by molar-refractivity contribution is 14.1. The molecule has 1 aromatic carbocycles. The Morgan fingerprint density at radius 2 is 2.00 bits per heavy atom. The average Bonchev–Trinajstić information content (AvgIpc) is 2.75. The first kappa shape index (κ1) is 16.7. The van der Waals surface area contributed by atoms with Crippen LogP contribution < -0.4 is 0 Å². The molecule has 1 N–H and O–H groups in total. The van der Waals surface area contributed by atoms with Crippen molar-refractivity contribution in [2.75, 3.05) is 7.05 Å². The fraction of sp³-hybridized carbons (Fsp3) is 0.412. The summed E-state index contributed by atoms with van der Waals surface area (Å²) in [5, 5.41) is 10.2. The first-order chi connectivity index (χ1) is 11.0. The topological polar surface area (TPSA) is 43.8 Å². The van der Waals surface area contributed by atoms with E-state index in [1.54, 1.807) is 21.9 Å². The van der Waals surface area contributed by atoms with Gasteiger partial charge in [0.25, 0.3) is 5.91 Å². The van der Waals surface area contributed by atoms with Crippen LogP contribution in [-0.4, -0.2) is 39.0 Å². The van der Waals surface area contributed by atoms with Gasteiger partial charge in [0.2, 0.25) is 0 Å². The van der Waals surface area contributed by atoms with Crippen molar-refractivity contribution < 1.29 is 9.90 Å². The zero-order chi connectivity index (χ0) is 16.6. The Balaban J connectivity index is 1.90. The minimum Gasteiger partial charge on any atom is -0.507 e. The lowest BCUT2D eigenvalue weighted by Gasteiger charge is -2.30. The molecule has 1 saturated heterocycles. The SMILES string of the molecule is CN1C(=S)N(C2CCCCC2)C(=O)/C1=C/c1ccc(O)c(I)c1. The Bertz CT molecular complexity index is 683. The summed E-state index contributed by atoms with van der Waals surface area (Å²) < 4.78 is 0.761. The van der Waals surface area contributed by atoms with Gasteiger partial charge in [-0.25, -0.2) is 0 Å². The van der Waals surface area contributed by atoms with Crippen LogP contribution in [0.4, 0.5) is 0 Å². The summed E-state index contributed by atoms with van der Waals surface area (Å²) in [7, 11) is 1.85. The maximum Gasteiger partial charge on any atom is 0.277 e. The van der Waals surface area contributed by atoms with Crippen LogP contribution in [0, 0.1) is 3.57 Å². The Morgan fingerprint density at radius 1 is 1.30 bits per heavy atom. The van der Waals surface area contributed by atoms with Gasteiger partial charge in [0.05, 0.1) is 3.57 Å². The number of carbonyl (C=O) groups is 1. The van der Waals surface area contributed by atoms with Crippen molar-refractivity contribution in [2.45, 2.75) is 38.1 Å². The number of phenols is 1. The number of likely N-dealkylation sites (N-methyl/N-ethyl adjacent to an activating group) is 1. The second-order valence-corrected chi connectivity index (χ2v) is 7.58. The highest BCUT2D eigenvalue weighted by atomic mass is 127. The second kappa shape index (κ2) is 6.76. The molecule has 0 unspecified atom stereocenters. The Morgan fingerprint density at radius 3 is 2.65 bits per heavy atom. The number of halogens is 1. The largest absolute Gasteiger partial charge is 0.507 e. The summed E-state index contributed by atoms with van der Waals surface area (Å²) in [6.45, 7) is 0. The number of carbonyl (C=O) groups excluding carboxylic acids is 1. The number of hydrogen-bond donors (Lipinski definition) is 1. The molecule has 122 valence electrons. The van der Waals surface area contributed by atoms with E-state index in [0.29, 0.717) is 10.8 Å². The van der Waals surface area contributed by atoms with E-state index >= 15 is 0 Å². The van der Waals surface area contributed by atoms with Crippen molar-refractivity contribution in [3.63, 3.8) is 0 Å². The van der Waals surface area contributed by atoms with Gasteiger partial charge in [-0.15, -0.1) is 0 Å². The number of thiocarbonyl (C=S) groups is 1. The number of nitrogens with zero attached hydrogens (tertiary/aromatic N) is 2. The van der Waals surface area contributed by atoms with Crippen molar-refractivity contribution in [1.82, 2.24) is 9.80 Å². The van der Waals surface area contributed by atoms with Gasteiger partial charge in [-0.2, -0.15) is 0 Å². The van der Waals surface area contributed by atoms with E-state index in [9.17, 15) is 9.90 Å². The molecular weight excluding hydrogens is 423 g/mol. The van der Waals surface area contributed by atoms with Crippen molar-refractivity contribution in [3.8, 4) is 5.75 Å². The molecule has 4 nitrogen and oxygen atoms in total. The number of hydrogen-bond acceptors (Lipinski definition) is 3. The molecule has 0 radical (unpaired) electrons. The van der Waals surface area contributed by atoms with Crippen molar-refractivity contribution in [3.05, 3.63) is 33.0 Å². The molecule has 2 aliphatic rings. The van der Waals surface area contributed by atoms with Gasteiger partial charge in [-0.05, 0) is 71.4 Å². The molecular formula is C17H19IN2O2S. The zero-order valence-corrected chi connectivity index (χ0v) is 15.9. The van der Waals surface area contributed by atoms with Crippen LogP contribution in [0.3, 0.4) is 0 Å². The third-order valence-corrected chi connectivity index (χ3v) is 5.84. The highest BCUT2D eigenvalue weighted by Gasteiger charge is 2.40. The average molecular weight is 442 g/mol. The van der Waals surface area contributed by atoms with Gasteiger partial charge in [0.1, 0.15) is 11.4 Å². The molecule has 3 rings (SSSR count). The summed E-state index contributed by atoms with van der Waals surface area (Å²) in [5.41, 5.74) is 1.48. The summed E-state index contributed by atoms with van der Waals surface area (Å²) in [4.78, 5) is 16.5. The van der Waals surface area contributed by atoms with E-state index in [1.165, 1.54) is 6.42 Å². The standard InChI is InChI=1S/C17H19IN2O2S/c1-19-14(10-11-7-8-15(21)13(18)9-11)16(22)20(17(19)23)12-5-3-2-4-6-12/h7-10,12,21H,2-6H2,1H3/b14-10-. The molecule has 6 heteroatoms. The van der Waals surface area contributed by atoms with Gasteiger partial charge in [0, 0.05) is 13.1 Å². The molecule has 1 aliphatic heterocycles. The minimum atomic E-state index is -0.00696. The van der Waals surface area contributed by atoms with Crippen LogP contribution in [0.2, 0.25) is 0 Å². The van der Waals surface area contributed by atoms with Crippen molar-refractivity contribution in [2.24, 2.45) is 0 Å². The van der Waals surface area contributed by atoms with Gasteiger partial charge in [-0.3, -0.25) is 9.69 Å². The first-order valence-corrected chi connectivity index (χ1v) is 9.29. The van der Waals surface area contributed by atoms with Gasteiger partial charge < -0.3 is 10.0 Å². The van der Waals surface area contributed by atoms with E-state index in [1.807, 2.05) is 19.2 Å². The third kappa shape index (κ3) is 3.24. The predicted molar refractivity (Wildman–Crippen MR) is 103 cm³/mol.